The number of hydrogen-bond donors (Lipinski definition) is 0. The first-order valence-electron chi connectivity index (χ1n) is 10.3. The molecule has 7 heteroatoms. The van der Waals surface area contributed by atoms with Gasteiger partial charge in [-0.2, -0.15) is 0 Å². The molecule has 0 spiro atoms. The third-order valence-electron chi connectivity index (χ3n) is 5.72. The summed E-state index contributed by atoms with van der Waals surface area (Å²) in [5.41, 5.74) is 7.79. The number of esters is 1. The zero-order valence-corrected chi connectivity index (χ0v) is 17.9. The first kappa shape index (κ1) is 19.0. The molecule has 6 nitrogen and oxygen atoms in total. The Kier molecular flexibility index (Phi) is 4.61. The van der Waals surface area contributed by atoms with Crippen molar-refractivity contribution in [3.63, 3.8) is 0 Å². The largest absolute Gasteiger partial charge is 0.456 e. The second-order valence-electron chi connectivity index (χ2n) is 7.67. The van der Waals surface area contributed by atoms with Crippen LogP contribution in [0.2, 0.25) is 0 Å². The smallest absolute Gasteiger partial charge is 0.339 e. The Balaban J connectivity index is 1.41. The molecule has 2 aromatic heterocycles. The molecule has 3 heterocycles. The monoisotopic (exact) mass is 442 g/mol. The van der Waals surface area contributed by atoms with Crippen LogP contribution in [-0.4, -0.2) is 22.7 Å². The van der Waals surface area contributed by atoms with Gasteiger partial charge in [-0.25, -0.2) is 14.8 Å². The second-order valence-corrected chi connectivity index (χ2v) is 8.39. The van der Waals surface area contributed by atoms with Crippen LogP contribution in [0.25, 0.3) is 22.6 Å². The predicted molar refractivity (Wildman–Crippen MR) is 122 cm³/mol. The van der Waals surface area contributed by atoms with Gasteiger partial charge in [0.05, 0.1) is 28.0 Å². The molecule has 1 aliphatic heterocycles. The van der Waals surface area contributed by atoms with E-state index in [1.807, 2.05) is 47.8 Å². The number of benzene rings is 2. The van der Waals surface area contributed by atoms with Crippen LogP contribution in [0, 0.1) is 0 Å². The van der Waals surface area contributed by atoms with Crippen molar-refractivity contribution < 1.29 is 19.0 Å². The molecule has 0 saturated heterocycles. The molecule has 0 bridgehead atoms. The second kappa shape index (κ2) is 7.76. The molecule has 0 unspecified atom stereocenters. The van der Waals surface area contributed by atoms with Gasteiger partial charge >= 0.3 is 5.97 Å². The molecule has 2 aromatic carbocycles. The summed E-state index contributed by atoms with van der Waals surface area (Å²) >= 11 is 1.48. The van der Waals surface area contributed by atoms with Crippen molar-refractivity contribution >= 4 is 39.9 Å². The zero-order valence-electron chi connectivity index (χ0n) is 17.0. The highest BCUT2D eigenvalue weighted by Crippen LogP contribution is 2.39. The first-order valence-corrected chi connectivity index (χ1v) is 11.3. The highest BCUT2D eigenvalue weighted by Gasteiger charge is 2.28. The molecule has 0 radical (unpaired) electrons. The average Bonchev–Trinajstić information content (AvgIpc) is 3.57. The van der Waals surface area contributed by atoms with Crippen molar-refractivity contribution in [3.05, 3.63) is 81.4 Å². The van der Waals surface area contributed by atoms with E-state index < -0.39 is 0 Å². The van der Waals surface area contributed by atoms with E-state index in [9.17, 15) is 4.79 Å². The molecule has 4 aromatic rings. The van der Waals surface area contributed by atoms with Gasteiger partial charge in [0.25, 0.3) is 0 Å². The van der Waals surface area contributed by atoms with E-state index in [1.165, 1.54) is 11.3 Å². The molecule has 0 saturated carbocycles. The van der Waals surface area contributed by atoms with Crippen LogP contribution in [0.3, 0.4) is 0 Å². The SMILES string of the molecule is O=C(OCc1cscn1)c1c2c(nc3ccccc13)/C(=C/c1ccc3c(c1)OCO3)CC2. The summed E-state index contributed by atoms with van der Waals surface area (Å²) in [6, 6.07) is 13.6. The molecule has 0 atom stereocenters. The topological polar surface area (TPSA) is 70.5 Å². The van der Waals surface area contributed by atoms with Gasteiger partial charge in [-0.3, -0.25) is 0 Å². The Morgan fingerprint density at radius 1 is 1.12 bits per heavy atom. The number of thiazole rings is 1. The molecule has 0 amide bonds. The lowest BCUT2D eigenvalue weighted by Gasteiger charge is -2.12. The van der Waals surface area contributed by atoms with E-state index in [-0.39, 0.29) is 19.4 Å². The molecule has 32 heavy (non-hydrogen) atoms. The van der Waals surface area contributed by atoms with Crippen LogP contribution in [0.1, 0.15) is 39.3 Å². The summed E-state index contributed by atoms with van der Waals surface area (Å²) in [4.78, 5) is 22.3. The van der Waals surface area contributed by atoms with Gasteiger partial charge < -0.3 is 14.2 Å². The van der Waals surface area contributed by atoms with Crippen LogP contribution >= 0.6 is 11.3 Å². The van der Waals surface area contributed by atoms with Gasteiger partial charge in [0.15, 0.2) is 11.5 Å². The number of aromatic nitrogens is 2. The number of rotatable bonds is 4. The number of pyridine rings is 1. The van der Waals surface area contributed by atoms with Gasteiger partial charge in [0.1, 0.15) is 6.61 Å². The van der Waals surface area contributed by atoms with Crippen molar-refractivity contribution in [1.29, 1.82) is 0 Å². The average molecular weight is 442 g/mol. The molecular formula is C25H18N2O4S. The van der Waals surface area contributed by atoms with Crippen molar-refractivity contribution in [2.45, 2.75) is 19.4 Å². The summed E-state index contributed by atoms with van der Waals surface area (Å²) in [7, 11) is 0. The lowest BCUT2D eigenvalue weighted by Crippen LogP contribution is -2.10. The van der Waals surface area contributed by atoms with Gasteiger partial charge in [-0.15, -0.1) is 11.3 Å². The number of hydrogen-bond acceptors (Lipinski definition) is 7. The summed E-state index contributed by atoms with van der Waals surface area (Å²) in [6.45, 7) is 0.408. The summed E-state index contributed by atoms with van der Waals surface area (Å²) in [5.74, 6) is 1.17. The fourth-order valence-electron chi connectivity index (χ4n) is 4.24. The highest BCUT2D eigenvalue weighted by molar-refractivity contribution is 7.07. The number of carbonyl (C=O) groups excluding carboxylic acids is 1. The minimum Gasteiger partial charge on any atom is -0.456 e. The number of carbonyl (C=O) groups is 1. The normalized spacial score (nSPS) is 15.3. The van der Waals surface area contributed by atoms with Crippen molar-refractivity contribution in [1.82, 2.24) is 9.97 Å². The van der Waals surface area contributed by atoms with Crippen molar-refractivity contribution in [3.8, 4) is 11.5 Å². The number of para-hydroxylation sites is 1. The van der Waals surface area contributed by atoms with E-state index in [0.29, 0.717) is 5.56 Å². The lowest BCUT2D eigenvalue weighted by atomic mass is 10.0. The molecule has 6 rings (SSSR count). The maximum Gasteiger partial charge on any atom is 0.339 e. The maximum absolute atomic E-state index is 13.2. The number of ether oxygens (including phenoxy) is 3. The van der Waals surface area contributed by atoms with E-state index >= 15 is 0 Å². The van der Waals surface area contributed by atoms with Crippen molar-refractivity contribution in [2.75, 3.05) is 6.79 Å². The van der Waals surface area contributed by atoms with Crippen LogP contribution in [0.4, 0.5) is 0 Å². The highest BCUT2D eigenvalue weighted by atomic mass is 32.1. The Labute approximate surface area is 188 Å². The van der Waals surface area contributed by atoms with E-state index in [2.05, 4.69) is 11.1 Å². The first-order chi connectivity index (χ1) is 15.8. The summed E-state index contributed by atoms with van der Waals surface area (Å²) in [6.07, 6.45) is 3.66. The maximum atomic E-state index is 13.2. The molecule has 158 valence electrons. The van der Waals surface area contributed by atoms with Crippen molar-refractivity contribution in [2.24, 2.45) is 0 Å². The standard InChI is InChI=1S/C25H18N2O4S/c28-25(29-11-17-12-32-13-26-17)23-18-3-1-2-4-20(18)27-24-16(6-7-19(23)24)9-15-5-8-21-22(10-15)31-14-30-21/h1-5,8-10,12-13H,6-7,11,14H2/b16-9+. The third kappa shape index (κ3) is 3.31. The van der Waals surface area contributed by atoms with Gasteiger partial charge in [0.2, 0.25) is 6.79 Å². The molecular weight excluding hydrogens is 424 g/mol. The minimum atomic E-state index is -0.336. The number of nitrogens with zero attached hydrogens (tertiary/aromatic N) is 2. The Bertz CT molecular complexity index is 1380. The van der Waals surface area contributed by atoms with Crippen LogP contribution in [0.15, 0.2) is 53.4 Å². The Morgan fingerprint density at radius 2 is 2.03 bits per heavy atom. The quantitative estimate of drug-likeness (QED) is 0.401. The molecule has 0 fully saturated rings. The lowest BCUT2D eigenvalue weighted by molar-refractivity contribution is 0.0469. The molecule has 1 aliphatic carbocycles. The van der Waals surface area contributed by atoms with Gasteiger partial charge in [-0.1, -0.05) is 24.3 Å². The van der Waals surface area contributed by atoms with Crippen LogP contribution in [0.5, 0.6) is 11.5 Å². The zero-order chi connectivity index (χ0) is 21.5. The predicted octanol–water partition coefficient (Wildman–Crippen LogP) is 5.26. The fourth-order valence-corrected chi connectivity index (χ4v) is 4.78. The van der Waals surface area contributed by atoms with Gasteiger partial charge in [0, 0.05) is 10.8 Å². The van der Waals surface area contributed by atoms with E-state index in [1.54, 1.807) is 5.51 Å². The Morgan fingerprint density at radius 3 is 2.94 bits per heavy atom. The van der Waals surface area contributed by atoms with Crippen LogP contribution < -0.4 is 9.47 Å². The summed E-state index contributed by atoms with van der Waals surface area (Å²) in [5, 5.41) is 2.70. The Hall–Kier alpha value is -3.71. The fraction of sp³-hybridized carbons (Fsp3) is 0.160. The third-order valence-corrected chi connectivity index (χ3v) is 6.35. The van der Waals surface area contributed by atoms with Gasteiger partial charge in [-0.05, 0) is 53.8 Å². The summed E-state index contributed by atoms with van der Waals surface area (Å²) < 4.78 is 16.6. The van der Waals surface area contributed by atoms with E-state index in [0.717, 1.165) is 63.3 Å². The number of fused-ring (bicyclic) bond motifs is 3. The van der Waals surface area contributed by atoms with Crippen LogP contribution in [-0.2, 0) is 17.8 Å². The van der Waals surface area contributed by atoms with E-state index in [4.69, 9.17) is 19.2 Å². The minimum absolute atomic E-state index is 0.160. The molecule has 2 aliphatic rings. The number of allylic oxidation sites excluding steroid dienone is 1. The molecule has 0 N–H and O–H groups in total.